The number of carbonyl (C=O) groups is 1. The van der Waals surface area contributed by atoms with Crippen LogP contribution in [0.3, 0.4) is 0 Å². The average Bonchev–Trinajstić information content (AvgIpc) is 3.43. The fourth-order valence-corrected chi connectivity index (χ4v) is 2.97. The highest BCUT2D eigenvalue weighted by Crippen LogP contribution is 2.16. The first-order chi connectivity index (χ1) is 13.7. The zero-order valence-electron chi connectivity index (χ0n) is 15.4. The molecule has 0 spiro atoms. The van der Waals surface area contributed by atoms with E-state index in [2.05, 4.69) is 20.4 Å². The Kier molecular flexibility index (Phi) is 4.97. The Morgan fingerprint density at radius 2 is 1.82 bits per heavy atom. The molecule has 1 unspecified atom stereocenters. The minimum absolute atomic E-state index is 0.0980. The Morgan fingerprint density at radius 1 is 1.04 bits per heavy atom. The highest BCUT2D eigenvalue weighted by atomic mass is 16.1. The van der Waals surface area contributed by atoms with E-state index in [0.717, 1.165) is 16.8 Å². The molecule has 0 fully saturated rings. The summed E-state index contributed by atoms with van der Waals surface area (Å²) in [6.45, 7) is 2.60. The molecule has 7 heteroatoms. The predicted molar refractivity (Wildman–Crippen MR) is 105 cm³/mol. The van der Waals surface area contributed by atoms with Gasteiger partial charge in [-0.05, 0) is 42.3 Å². The van der Waals surface area contributed by atoms with E-state index in [1.807, 2.05) is 66.2 Å². The smallest absolute Gasteiger partial charge is 0.251 e. The van der Waals surface area contributed by atoms with Crippen molar-refractivity contribution >= 4 is 5.91 Å². The van der Waals surface area contributed by atoms with Gasteiger partial charge in [0.25, 0.3) is 5.91 Å². The van der Waals surface area contributed by atoms with Gasteiger partial charge in [-0.3, -0.25) is 4.79 Å². The second-order valence-corrected chi connectivity index (χ2v) is 6.55. The van der Waals surface area contributed by atoms with Gasteiger partial charge >= 0.3 is 0 Å². The van der Waals surface area contributed by atoms with Crippen molar-refractivity contribution in [3.05, 3.63) is 96.6 Å². The van der Waals surface area contributed by atoms with Crippen molar-refractivity contribution < 1.29 is 4.79 Å². The molecule has 0 saturated heterocycles. The number of carbonyl (C=O) groups excluding carboxylic acids is 1. The van der Waals surface area contributed by atoms with Gasteiger partial charge < -0.3 is 9.88 Å². The number of nitrogens with one attached hydrogen (secondary N) is 1. The molecule has 2 aromatic heterocycles. The molecule has 0 aliphatic rings. The maximum absolute atomic E-state index is 12.6. The molecule has 0 aliphatic heterocycles. The minimum atomic E-state index is -0.0986. The number of rotatable bonds is 6. The van der Waals surface area contributed by atoms with Crippen molar-refractivity contribution in [3.63, 3.8) is 0 Å². The first-order valence-corrected chi connectivity index (χ1v) is 8.99. The quantitative estimate of drug-likeness (QED) is 0.564. The third kappa shape index (κ3) is 3.98. The molecule has 7 nitrogen and oxygen atoms in total. The molecule has 28 heavy (non-hydrogen) atoms. The fourth-order valence-electron chi connectivity index (χ4n) is 2.97. The van der Waals surface area contributed by atoms with Crippen LogP contribution in [0.15, 0.2) is 79.9 Å². The van der Waals surface area contributed by atoms with Gasteiger partial charge in [0.15, 0.2) is 0 Å². The van der Waals surface area contributed by atoms with Crippen LogP contribution in [0, 0.1) is 0 Å². The van der Waals surface area contributed by atoms with Gasteiger partial charge in [0.2, 0.25) is 0 Å². The van der Waals surface area contributed by atoms with Crippen molar-refractivity contribution in [3.8, 4) is 5.69 Å². The zero-order valence-corrected chi connectivity index (χ0v) is 15.4. The van der Waals surface area contributed by atoms with Crippen LogP contribution in [0.25, 0.3) is 5.69 Å². The lowest BCUT2D eigenvalue weighted by molar-refractivity contribution is 0.0940. The van der Waals surface area contributed by atoms with Crippen molar-refractivity contribution in [2.24, 2.45) is 0 Å². The maximum atomic E-state index is 12.6. The second kappa shape index (κ2) is 7.87. The minimum Gasteiger partial charge on any atom is -0.346 e. The molecule has 1 atom stereocenters. The van der Waals surface area contributed by atoms with Crippen LogP contribution in [0.2, 0.25) is 0 Å². The Hall–Kier alpha value is -3.74. The Bertz CT molecular complexity index is 1020. The number of amides is 1. The monoisotopic (exact) mass is 372 g/mol. The zero-order chi connectivity index (χ0) is 19.3. The van der Waals surface area contributed by atoms with Crippen molar-refractivity contribution in [1.29, 1.82) is 0 Å². The van der Waals surface area contributed by atoms with Crippen LogP contribution in [-0.2, 0) is 6.54 Å². The molecule has 1 amide bonds. The van der Waals surface area contributed by atoms with Crippen LogP contribution in [0.5, 0.6) is 0 Å². The normalized spacial score (nSPS) is 11.9. The van der Waals surface area contributed by atoms with E-state index in [4.69, 9.17) is 0 Å². The highest BCUT2D eigenvalue weighted by Gasteiger charge is 2.12. The van der Waals surface area contributed by atoms with Crippen LogP contribution in [0.4, 0.5) is 0 Å². The molecule has 140 valence electrons. The lowest BCUT2D eigenvalue weighted by Crippen LogP contribution is -2.26. The molecule has 1 N–H and O–H groups in total. The summed E-state index contributed by atoms with van der Waals surface area (Å²) in [6, 6.07) is 15.5. The molecular weight excluding hydrogens is 352 g/mol. The maximum Gasteiger partial charge on any atom is 0.251 e. The van der Waals surface area contributed by atoms with E-state index in [1.54, 1.807) is 23.5 Å². The summed E-state index contributed by atoms with van der Waals surface area (Å²) in [7, 11) is 0. The molecule has 2 heterocycles. The van der Waals surface area contributed by atoms with Gasteiger partial charge in [-0.1, -0.05) is 24.3 Å². The summed E-state index contributed by atoms with van der Waals surface area (Å²) in [6.07, 6.45) is 8.57. The summed E-state index contributed by atoms with van der Waals surface area (Å²) in [5, 5.41) is 7.13. The van der Waals surface area contributed by atoms with Gasteiger partial charge in [-0.2, -0.15) is 5.10 Å². The van der Waals surface area contributed by atoms with Crippen LogP contribution >= 0.6 is 0 Å². The molecule has 0 bridgehead atoms. The Morgan fingerprint density at radius 3 is 2.46 bits per heavy atom. The van der Waals surface area contributed by atoms with Crippen LogP contribution in [-0.4, -0.2) is 30.2 Å². The van der Waals surface area contributed by atoms with E-state index >= 15 is 0 Å². The number of hydrogen-bond donors (Lipinski definition) is 1. The lowest BCUT2D eigenvalue weighted by Gasteiger charge is -2.15. The predicted octanol–water partition coefficient (Wildman–Crippen LogP) is 3.00. The van der Waals surface area contributed by atoms with E-state index in [0.29, 0.717) is 12.1 Å². The Balaban J connectivity index is 1.38. The fraction of sp³-hybridized carbons (Fsp3) is 0.143. The van der Waals surface area contributed by atoms with E-state index in [9.17, 15) is 4.79 Å². The van der Waals surface area contributed by atoms with Gasteiger partial charge in [-0.25, -0.2) is 14.6 Å². The van der Waals surface area contributed by atoms with Crippen molar-refractivity contribution in [2.45, 2.75) is 19.5 Å². The number of hydrogen-bond acceptors (Lipinski definition) is 4. The summed E-state index contributed by atoms with van der Waals surface area (Å²) in [5.41, 5.74) is 3.76. The molecular formula is C21H20N6O. The van der Waals surface area contributed by atoms with Crippen molar-refractivity contribution in [2.75, 3.05) is 0 Å². The SMILES string of the molecule is CC(NC(=O)c1ccc(Cn2cncn2)cc1)c1ccc(-n2ccnc2)cc1. The van der Waals surface area contributed by atoms with Gasteiger partial charge in [0, 0.05) is 23.6 Å². The molecule has 4 rings (SSSR count). The Labute approximate surface area is 162 Å². The van der Waals surface area contributed by atoms with Crippen LogP contribution < -0.4 is 5.32 Å². The standard InChI is InChI=1S/C21H20N6O/c1-16(18-6-8-20(9-7-18)26-11-10-22-14-26)25-21(28)19-4-2-17(3-5-19)12-27-15-23-13-24-27/h2-11,13-16H,12H2,1H3,(H,25,28). The molecule has 4 aromatic rings. The van der Waals surface area contributed by atoms with E-state index < -0.39 is 0 Å². The second-order valence-electron chi connectivity index (χ2n) is 6.55. The highest BCUT2D eigenvalue weighted by molar-refractivity contribution is 5.94. The number of nitrogens with zero attached hydrogens (tertiary/aromatic N) is 5. The topological polar surface area (TPSA) is 77.6 Å². The third-order valence-corrected chi connectivity index (χ3v) is 4.57. The third-order valence-electron chi connectivity index (χ3n) is 4.57. The summed E-state index contributed by atoms with van der Waals surface area (Å²) in [5.74, 6) is -0.0986. The van der Waals surface area contributed by atoms with E-state index in [-0.39, 0.29) is 11.9 Å². The van der Waals surface area contributed by atoms with Gasteiger partial charge in [0.05, 0.1) is 18.9 Å². The van der Waals surface area contributed by atoms with Gasteiger partial charge in [0.1, 0.15) is 12.7 Å². The van der Waals surface area contributed by atoms with E-state index in [1.165, 1.54) is 6.33 Å². The number of imidazole rings is 1. The number of aromatic nitrogens is 5. The first-order valence-electron chi connectivity index (χ1n) is 8.99. The first kappa shape index (κ1) is 17.7. The van der Waals surface area contributed by atoms with Gasteiger partial charge in [-0.15, -0.1) is 0 Å². The van der Waals surface area contributed by atoms with Crippen LogP contribution in [0.1, 0.15) is 34.5 Å². The average molecular weight is 372 g/mol. The largest absolute Gasteiger partial charge is 0.346 e. The summed E-state index contributed by atoms with van der Waals surface area (Å²) in [4.78, 5) is 20.5. The summed E-state index contributed by atoms with van der Waals surface area (Å²) >= 11 is 0. The molecule has 0 saturated carbocycles. The molecule has 0 radical (unpaired) electrons. The molecule has 0 aliphatic carbocycles. The molecule has 2 aromatic carbocycles. The summed E-state index contributed by atoms with van der Waals surface area (Å²) < 4.78 is 3.68. The number of benzene rings is 2. The van der Waals surface area contributed by atoms with Crippen molar-refractivity contribution in [1.82, 2.24) is 29.6 Å². The lowest BCUT2D eigenvalue weighted by atomic mass is 10.1.